The van der Waals surface area contributed by atoms with Gasteiger partial charge in [0.2, 0.25) is 0 Å². The lowest BCUT2D eigenvalue weighted by molar-refractivity contribution is -0.139. The number of ether oxygens (including phenoxy) is 1. The van der Waals surface area contributed by atoms with Crippen molar-refractivity contribution in [3.05, 3.63) is 35.0 Å². The Kier molecular flexibility index (Phi) is 3.76. The molecule has 0 unspecified atom stereocenters. The minimum Gasteiger partial charge on any atom is -0.468 e. The highest BCUT2D eigenvalue weighted by Crippen LogP contribution is 2.28. The summed E-state index contributed by atoms with van der Waals surface area (Å²) < 4.78 is 6.19. The Bertz CT molecular complexity index is 649. The number of para-hydroxylation sites is 1. The Morgan fingerprint density at radius 3 is 2.74 bits per heavy atom. The van der Waals surface area contributed by atoms with Gasteiger partial charge in [0.15, 0.2) is 0 Å². The van der Waals surface area contributed by atoms with Gasteiger partial charge in [0.1, 0.15) is 11.7 Å². The van der Waals surface area contributed by atoms with Crippen molar-refractivity contribution in [1.82, 2.24) is 9.88 Å². The van der Waals surface area contributed by atoms with E-state index >= 15 is 0 Å². The topological polar surface area (TPSA) is 60.3 Å². The molecule has 100 valence electrons. The summed E-state index contributed by atoms with van der Waals surface area (Å²) >= 11 is 6.17. The number of aromatic nitrogens is 1. The fourth-order valence-electron chi connectivity index (χ4n) is 1.89. The number of esters is 1. The molecule has 0 aliphatic rings. The minimum absolute atomic E-state index is 0.186. The van der Waals surface area contributed by atoms with Crippen molar-refractivity contribution in [3.63, 3.8) is 0 Å². The van der Waals surface area contributed by atoms with Crippen LogP contribution in [-0.2, 0) is 16.6 Å². The molecule has 19 heavy (non-hydrogen) atoms. The molecule has 1 heterocycles. The second kappa shape index (κ2) is 5.32. The molecule has 0 atom stereocenters. The van der Waals surface area contributed by atoms with E-state index in [1.165, 1.54) is 7.11 Å². The summed E-state index contributed by atoms with van der Waals surface area (Å²) in [5.74, 6) is -0.906. The third kappa shape index (κ3) is 2.42. The molecule has 0 fully saturated rings. The first-order chi connectivity index (χ1) is 9.06. The molecule has 1 aromatic heterocycles. The number of methoxy groups -OCH3 is 1. The van der Waals surface area contributed by atoms with Crippen molar-refractivity contribution in [2.24, 2.45) is 7.05 Å². The first-order valence-electron chi connectivity index (χ1n) is 5.64. The first-order valence-corrected chi connectivity index (χ1v) is 6.02. The zero-order valence-electron chi connectivity index (χ0n) is 10.6. The first kappa shape index (κ1) is 13.4. The second-order valence-corrected chi connectivity index (χ2v) is 4.36. The lowest BCUT2D eigenvalue weighted by atomic mass is 10.1. The van der Waals surface area contributed by atoms with Crippen LogP contribution in [0.4, 0.5) is 0 Å². The van der Waals surface area contributed by atoms with Crippen LogP contribution in [0.3, 0.4) is 0 Å². The third-order valence-corrected chi connectivity index (χ3v) is 3.33. The molecule has 0 saturated heterocycles. The van der Waals surface area contributed by atoms with E-state index in [2.05, 4.69) is 10.1 Å². The molecular weight excluding hydrogens is 268 g/mol. The summed E-state index contributed by atoms with van der Waals surface area (Å²) in [6, 6.07) is 7.39. The highest BCUT2D eigenvalue weighted by Gasteiger charge is 2.19. The predicted octanol–water partition coefficient (Wildman–Crippen LogP) is 1.73. The molecule has 5 nitrogen and oxygen atoms in total. The van der Waals surface area contributed by atoms with Crippen LogP contribution in [0.25, 0.3) is 10.9 Å². The maximum atomic E-state index is 12.1. The fraction of sp³-hybridized carbons (Fsp3) is 0.231. The average Bonchev–Trinajstić information content (AvgIpc) is 2.68. The number of hydrogen-bond acceptors (Lipinski definition) is 3. The van der Waals surface area contributed by atoms with Crippen LogP contribution in [0.1, 0.15) is 10.4 Å². The number of hydrogen-bond donors (Lipinski definition) is 1. The number of aryl methyl sites for hydroxylation is 1. The van der Waals surface area contributed by atoms with E-state index in [4.69, 9.17) is 11.6 Å². The standard InChI is InChI=1S/C13H13ClN2O3/c1-16-9-6-4-3-5-8(9)11(12(16)14)13(18)15-7-10(17)19-2/h3-6H,7H2,1-2H3,(H,15,18). The summed E-state index contributed by atoms with van der Waals surface area (Å²) in [5.41, 5.74) is 1.22. The van der Waals surface area contributed by atoms with Crippen molar-refractivity contribution in [1.29, 1.82) is 0 Å². The van der Waals surface area contributed by atoms with Crippen LogP contribution >= 0.6 is 11.6 Å². The van der Waals surface area contributed by atoms with Gasteiger partial charge in [-0.25, -0.2) is 0 Å². The Balaban J connectivity index is 2.37. The summed E-state index contributed by atoms with van der Waals surface area (Å²) in [5, 5.41) is 3.57. The Morgan fingerprint density at radius 2 is 2.05 bits per heavy atom. The predicted molar refractivity (Wildman–Crippen MR) is 72.3 cm³/mol. The summed E-state index contributed by atoms with van der Waals surface area (Å²) in [6.45, 7) is -0.186. The van der Waals surface area contributed by atoms with Crippen molar-refractivity contribution in [2.75, 3.05) is 13.7 Å². The van der Waals surface area contributed by atoms with E-state index in [1.54, 1.807) is 11.6 Å². The van der Waals surface area contributed by atoms with Crippen molar-refractivity contribution in [3.8, 4) is 0 Å². The lowest BCUT2D eigenvalue weighted by Gasteiger charge is -2.03. The number of nitrogens with one attached hydrogen (secondary N) is 1. The monoisotopic (exact) mass is 280 g/mol. The maximum Gasteiger partial charge on any atom is 0.325 e. The molecule has 0 spiro atoms. The SMILES string of the molecule is COC(=O)CNC(=O)c1c(Cl)n(C)c2ccccc12. The number of rotatable bonds is 3. The van der Waals surface area contributed by atoms with Gasteiger partial charge in [0.05, 0.1) is 12.7 Å². The molecular formula is C13H13ClN2O3. The van der Waals surface area contributed by atoms with Gasteiger partial charge in [-0.3, -0.25) is 9.59 Å². The number of nitrogens with zero attached hydrogens (tertiary/aromatic N) is 1. The molecule has 2 rings (SSSR count). The quantitative estimate of drug-likeness (QED) is 0.871. The number of benzene rings is 1. The average molecular weight is 281 g/mol. The lowest BCUT2D eigenvalue weighted by Crippen LogP contribution is -2.30. The van der Waals surface area contributed by atoms with Crippen LogP contribution < -0.4 is 5.32 Å². The number of halogens is 1. The fourth-order valence-corrected chi connectivity index (χ4v) is 2.17. The smallest absolute Gasteiger partial charge is 0.325 e. The van der Waals surface area contributed by atoms with E-state index in [0.29, 0.717) is 10.7 Å². The van der Waals surface area contributed by atoms with E-state index < -0.39 is 11.9 Å². The number of amides is 1. The van der Waals surface area contributed by atoms with E-state index in [0.717, 1.165) is 10.9 Å². The number of carbonyl (C=O) groups excluding carboxylic acids is 2. The van der Waals surface area contributed by atoms with Gasteiger partial charge in [-0.1, -0.05) is 29.8 Å². The third-order valence-electron chi connectivity index (χ3n) is 2.88. The molecule has 1 N–H and O–H groups in total. The Morgan fingerprint density at radius 1 is 1.37 bits per heavy atom. The van der Waals surface area contributed by atoms with Crippen LogP contribution in [0, 0.1) is 0 Å². The van der Waals surface area contributed by atoms with Crippen LogP contribution in [0.5, 0.6) is 0 Å². The summed E-state index contributed by atoms with van der Waals surface area (Å²) in [4.78, 5) is 23.1. The second-order valence-electron chi connectivity index (χ2n) is 4.00. The molecule has 0 aliphatic heterocycles. The Labute approximate surface area is 115 Å². The molecule has 1 aromatic carbocycles. The van der Waals surface area contributed by atoms with Crippen molar-refractivity contribution < 1.29 is 14.3 Å². The van der Waals surface area contributed by atoms with Gasteiger partial charge in [-0.15, -0.1) is 0 Å². The van der Waals surface area contributed by atoms with Gasteiger partial charge in [0.25, 0.3) is 5.91 Å². The molecule has 0 bridgehead atoms. The molecule has 0 saturated carbocycles. The summed E-state index contributed by atoms with van der Waals surface area (Å²) in [7, 11) is 3.04. The van der Waals surface area contributed by atoms with Gasteiger partial charge < -0.3 is 14.6 Å². The maximum absolute atomic E-state index is 12.1. The van der Waals surface area contributed by atoms with Crippen molar-refractivity contribution in [2.45, 2.75) is 0 Å². The normalized spacial score (nSPS) is 10.5. The molecule has 6 heteroatoms. The van der Waals surface area contributed by atoms with Crippen LogP contribution in [-0.4, -0.2) is 30.1 Å². The largest absolute Gasteiger partial charge is 0.468 e. The van der Waals surface area contributed by atoms with Crippen LogP contribution in [0.2, 0.25) is 5.15 Å². The van der Waals surface area contributed by atoms with Crippen LogP contribution in [0.15, 0.2) is 24.3 Å². The van der Waals surface area contributed by atoms with Crippen molar-refractivity contribution >= 4 is 34.4 Å². The Hall–Kier alpha value is -2.01. The number of fused-ring (bicyclic) bond motifs is 1. The molecule has 0 radical (unpaired) electrons. The highest BCUT2D eigenvalue weighted by atomic mass is 35.5. The summed E-state index contributed by atoms with van der Waals surface area (Å²) in [6.07, 6.45) is 0. The highest BCUT2D eigenvalue weighted by molar-refractivity contribution is 6.35. The van der Waals surface area contributed by atoms with E-state index in [-0.39, 0.29) is 6.54 Å². The minimum atomic E-state index is -0.510. The molecule has 0 aliphatic carbocycles. The van der Waals surface area contributed by atoms with Gasteiger partial charge in [-0.2, -0.15) is 0 Å². The zero-order chi connectivity index (χ0) is 14.0. The number of carbonyl (C=O) groups is 2. The zero-order valence-corrected chi connectivity index (χ0v) is 11.3. The molecule has 1 amide bonds. The van der Waals surface area contributed by atoms with Gasteiger partial charge >= 0.3 is 5.97 Å². The van der Waals surface area contributed by atoms with Gasteiger partial charge in [-0.05, 0) is 6.07 Å². The van der Waals surface area contributed by atoms with Gasteiger partial charge in [0, 0.05) is 18.0 Å². The van der Waals surface area contributed by atoms with E-state index in [1.807, 2.05) is 24.3 Å². The molecule has 2 aromatic rings. The van der Waals surface area contributed by atoms with E-state index in [9.17, 15) is 9.59 Å².